The van der Waals surface area contributed by atoms with Crippen LogP contribution in [-0.4, -0.2) is 46.9 Å². The molecule has 0 bridgehead atoms. The van der Waals surface area contributed by atoms with Crippen molar-refractivity contribution in [2.45, 2.75) is 30.7 Å². The third-order valence-corrected chi connectivity index (χ3v) is 6.45. The molecule has 0 aliphatic heterocycles. The van der Waals surface area contributed by atoms with Crippen molar-refractivity contribution in [3.8, 4) is 11.5 Å². The Morgan fingerprint density at radius 3 is 2.34 bits per heavy atom. The summed E-state index contributed by atoms with van der Waals surface area (Å²) in [7, 11) is 2.50. The summed E-state index contributed by atoms with van der Waals surface area (Å²) < 4.78 is 36.6. The van der Waals surface area contributed by atoms with Crippen molar-refractivity contribution < 1.29 is 22.7 Å². The second-order valence-electron chi connectivity index (χ2n) is 6.79. The Morgan fingerprint density at radius 1 is 1.07 bits per heavy atom. The lowest BCUT2D eigenvalue weighted by Gasteiger charge is -2.18. The van der Waals surface area contributed by atoms with Crippen molar-refractivity contribution in [2.75, 3.05) is 28.3 Å². The molecule has 29 heavy (non-hydrogen) atoms. The van der Waals surface area contributed by atoms with Crippen LogP contribution in [0.4, 0.5) is 0 Å². The van der Waals surface area contributed by atoms with Crippen LogP contribution in [0.15, 0.2) is 47.4 Å². The van der Waals surface area contributed by atoms with E-state index >= 15 is 0 Å². The monoisotopic (exact) mass is 420 g/mol. The van der Waals surface area contributed by atoms with E-state index in [4.69, 9.17) is 9.47 Å². The first-order chi connectivity index (χ1) is 13.7. The molecule has 0 saturated carbocycles. The number of ether oxygens (including phenoxy) is 2. The number of nitrogens with zero attached hydrogens (tertiary/aromatic N) is 1. The van der Waals surface area contributed by atoms with E-state index in [-0.39, 0.29) is 23.3 Å². The number of carbonyl (C=O) groups excluding carboxylic acids is 1. The van der Waals surface area contributed by atoms with Gasteiger partial charge in [0.15, 0.2) is 0 Å². The highest BCUT2D eigenvalue weighted by Crippen LogP contribution is 2.26. The van der Waals surface area contributed by atoms with E-state index in [2.05, 4.69) is 5.32 Å². The molecular weight excluding hydrogens is 392 g/mol. The first-order valence-electron chi connectivity index (χ1n) is 9.22. The highest BCUT2D eigenvalue weighted by atomic mass is 32.2. The number of amides is 1. The van der Waals surface area contributed by atoms with Crippen LogP contribution in [0.5, 0.6) is 11.5 Å². The van der Waals surface area contributed by atoms with E-state index in [0.717, 1.165) is 9.87 Å². The van der Waals surface area contributed by atoms with Crippen LogP contribution in [0.1, 0.15) is 30.5 Å². The Balaban J connectivity index is 2.11. The van der Waals surface area contributed by atoms with E-state index in [1.54, 1.807) is 19.2 Å². The Morgan fingerprint density at radius 2 is 1.72 bits per heavy atom. The van der Waals surface area contributed by atoms with Crippen LogP contribution < -0.4 is 14.8 Å². The summed E-state index contributed by atoms with van der Waals surface area (Å²) in [6.45, 7) is 1.89. The summed E-state index contributed by atoms with van der Waals surface area (Å²) >= 11 is 0. The average molecular weight is 421 g/mol. The van der Waals surface area contributed by atoms with Gasteiger partial charge in [0.1, 0.15) is 11.5 Å². The molecule has 0 fully saturated rings. The van der Waals surface area contributed by atoms with Gasteiger partial charge < -0.3 is 14.8 Å². The second-order valence-corrected chi connectivity index (χ2v) is 8.94. The van der Waals surface area contributed by atoms with Crippen LogP contribution in [0.25, 0.3) is 0 Å². The van der Waals surface area contributed by atoms with Crippen LogP contribution >= 0.6 is 0 Å². The van der Waals surface area contributed by atoms with Gasteiger partial charge in [-0.2, -0.15) is 0 Å². The maximum atomic E-state index is 12.5. The fourth-order valence-corrected chi connectivity index (χ4v) is 3.94. The van der Waals surface area contributed by atoms with Gasteiger partial charge in [-0.25, -0.2) is 12.7 Å². The molecule has 0 unspecified atom stereocenters. The predicted molar refractivity (Wildman–Crippen MR) is 112 cm³/mol. The van der Waals surface area contributed by atoms with Gasteiger partial charge in [0.05, 0.1) is 25.2 Å². The van der Waals surface area contributed by atoms with Crippen LogP contribution in [0.3, 0.4) is 0 Å². The highest BCUT2D eigenvalue weighted by Gasteiger charge is 2.20. The zero-order valence-electron chi connectivity index (χ0n) is 17.4. The number of methoxy groups -OCH3 is 2. The molecule has 158 valence electrons. The Kier molecular flexibility index (Phi) is 7.64. The Bertz CT molecular complexity index is 957. The van der Waals surface area contributed by atoms with Gasteiger partial charge in [-0.3, -0.25) is 4.79 Å². The van der Waals surface area contributed by atoms with E-state index in [0.29, 0.717) is 23.5 Å². The maximum Gasteiger partial charge on any atom is 0.242 e. The first kappa shape index (κ1) is 22.7. The minimum Gasteiger partial charge on any atom is -0.496 e. The van der Waals surface area contributed by atoms with Gasteiger partial charge in [0.25, 0.3) is 0 Å². The van der Waals surface area contributed by atoms with Crippen molar-refractivity contribution in [3.05, 3.63) is 53.6 Å². The fraction of sp³-hybridized carbons (Fsp3) is 0.381. The quantitative estimate of drug-likeness (QED) is 0.674. The minimum absolute atomic E-state index is 0.147. The van der Waals surface area contributed by atoms with Crippen molar-refractivity contribution in [2.24, 2.45) is 0 Å². The third-order valence-electron chi connectivity index (χ3n) is 4.63. The van der Waals surface area contributed by atoms with Gasteiger partial charge in [-0.15, -0.1) is 0 Å². The largest absolute Gasteiger partial charge is 0.496 e. The zero-order chi connectivity index (χ0) is 21.6. The number of hydrogen-bond donors (Lipinski definition) is 1. The molecule has 1 N–H and O–H groups in total. The molecule has 1 amide bonds. The topological polar surface area (TPSA) is 84.9 Å². The molecule has 0 radical (unpaired) electrons. The van der Waals surface area contributed by atoms with Crippen molar-refractivity contribution >= 4 is 15.9 Å². The van der Waals surface area contributed by atoms with Crippen LogP contribution in [0, 0.1) is 0 Å². The third kappa shape index (κ3) is 5.48. The molecule has 7 nitrogen and oxygen atoms in total. The SMILES string of the molecule is COc1ccc(S(=O)(=O)N(C)C)cc1CCC(=O)N[C@H](C)c1ccccc1OC. The number of nitrogens with one attached hydrogen (secondary N) is 1. The van der Waals surface area contributed by atoms with E-state index in [1.165, 1.54) is 27.3 Å². The predicted octanol–water partition coefficient (Wildman–Crippen LogP) is 2.76. The number of hydrogen-bond acceptors (Lipinski definition) is 5. The number of aryl methyl sites for hydroxylation is 1. The van der Waals surface area contributed by atoms with Crippen molar-refractivity contribution in [3.63, 3.8) is 0 Å². The van der Waals surface area contributed by atoms with Gasteiger partial charge >= 0.3 is 0 Å². The smallest absolute Gasteiger partial charge is 0.242 e. The molecular formula is C21H28N2O5S. The molecule has 2 rings (SSSR count). The standard InChI is InChI=1S/C21H28N2O5S/c1-15(18-8-6-7-9-20(18)28-5)22-21(24)13-10-16-14-17(11-12-19(16)27-4)29(25,26)23(2)3/h6-9,11-12,14-15H,10,13H2,1-5H3,(H,22,24)/t15-/m1/s1. The lowest BCUT2D eigenvalue weighted by Crippen LogP contribution is -2.27. The first-order valence-corrected chi connectivity index (χ1v) is 10.7. The van der Waals surface area contributed by atoms with Gasteiger partial charge in [0.2, 0.25) is 15.9 Å². The molecule has 0 aliphatic carbocycles. The number of carbonyl (C=O) groups is 1. The number of rotatable bonds is 9. The summed E-state index contributed by atoms with van der Waals surface area (Å²) in [5, 5.41) is 2.96. The maximum absolute atomic E-state index is 12.5. The van der Waals surface area contributed by atoms with Crippen LogP contribution in [0.2, 0.25) is 0 Å². The van der Waals surface area contributed by atoms with E-state index in [9.17, 15) is 13.2 Å². The molecule has 1 atom stereocenters. The molecule has 2 aromatic carbocycles. The molecule has 0 saturated heterocycles. The molecule has 0 aliphatic rings. The van der Waals surface area contributed by atoms with Crippen molar-refractivity contribution in [1.82, 2.24) is 9.62 Å². The summed E-state index contributed by atoms with van der Waals surface area (Å²) in [5.41, 5.74) is 1.55. The van der Waals surface area contributed by atoms with Gasteiger partial charge in [-0.1, -0.05) is 18.2 Å². The fourth-order valence-electron chi connectivity index (χ4n) is 2.99. The lowest BCUT2D eigenvalue weighted by molar-refractivity contribution is -0.121. The normalized spacial score (nSPS) is 12.5. The lowest BCUT2D eigenvalue weighted by atomic mass is 10.1. The summed E-state index contributed by atoms with van der Waals surface area (Å²) in [6.07, 6.45) is 0.547. The van der Waals surface area contributed by atoms with E-state index < -0.39 is 10.0 Å². The second kappa shape index (κ2) is 9.76. The molecule has 2 aromatic rings. The minimum atomic E-state index is -3.56. The molecule has 0 heterocycles. The van der Waals surface area contributed by atoms with Crippen molar-refractivity contribution in [1.29, 1.82) is 0 Å². The molecule has 8 heteroatoms. The Hall–Kier alpha value is -2.58. The van der Waals surface area contributed by atoms with E-state index in [1.807, 2.05) is 31.2 Å². The number of benzene rings is 2. The zero-order valence-corrected chi connectivity index (χ0v) is 18.2. The number of sulfonamides is 1. The molecule has 0 spiro atoms. The van der Waals surface area contributed by atoms with Crippen LogP contribution in [-0.2, 0) is 21.2 Å². The average Bonchev–Trinajstić information content (AvgIpc) is 2.71. The van der Waals surface area contributed by atoms with Gasteiger partial charge in [-0.05, 0) is 43.2 Å². The summed E-state index contributed by atoms with van der Waals surface area (Å²) in [4.78, 5) is 12.6. The highest BCUT2D eigenvalue weighted by molar-refractivity contribution is 7.89. The summed E-state index contributed by atoms with van der Waals surface area (Å²) in [6, 6.07) is 12.0. The molecule has 0 aromatic heterocycles. The Labute approximate surface area is 172 Å². The van der Waals surface area contributed by atoms with Gasteiger partial charge in [0, 0.05) is 26.1 Å². The number of para-hydroxylation sites is 1. The summed E-state index contributed by atoms with van der Waals surface area (Å²) in [5.74, 6) is 1.11.